The summed E-state index contributed by atoms with van der Waals surface area (Å²) in [6.45, 7) is 9.15. The molecule has 0 spiro atoms. The first-order chi connectivity index (χ1) is 7.29. The van der Waals surface area contributed by atoms with Gasteiger partial charge in [-0.1, -0.05) is 6.92 Å². The molecule has 84 valence electrons. The summed E-state index contributed by atoms with van der Waals surface area (Å²) in [6.07, 6.45) is 1.17. The SMILES string of the molecule is CCc1ccsc1CN1CCNC(C)C1. The molecule has 1 aromatic rings. The Hall–Kier alpha value is -0.380. The molecule has 2 rings (SSSR count). The molecule has 1 aliphatic heterocycles. The first kappa shape index (κ1) is 11.1. The van der Waals surface area contributed by atoms with Crippen molar-refractivity contribution in [2.24, 2.45) is 0 Å². The third-order valence-electron chi connectivity index (χ3n) is 3.04. The molecule has 1 fully saturated rings. The lowest BCUT2D eigenvalue weighted by Crippen LogP contribution is -2.48. The van der Waals surface area contributed by atoms with E-state index in [1.807, 2.05) is 11.3 Å². The van der Waals surface area contributed by atoms with Crippen molar-refractivity contribution in [3.63, 3.8) is 0 Å². The average Bonchev–Trinajstić information content (AvgIpc) is 2.65. The van der Waals surface area contributed by atoms with Crippen molar-refractivity contribution in [2.75, 3.05) is 19.6 Å². The topological polar surface area (TPSA) is 15.3 Å². The van der Waals surface area contributed by atoms with Crippen LogP contribution in [-0.4, -0.2) is 30.6 Å². The fourth-order valence-electron chi connectivity index (χ4n) is 2.18. The third kappa shape index (κ3) is 2.80. The molecular formula is C12H20N2S. The Bertz CT molecular complexity index is 308. The second kappa shape index (κ2) is 5.10. The lowest BCUT2D eigenvalue weighted by atomic mass is 10.2. The van der Waals surface area contributed by atoms with Gasteiger partial charge in [-0.15, -0.1) is 11.3 Å². The van der Waals surface area contributed by atoms with Crippen LogP contribution in [-0.2, 0) is 13.0 Å². The number of rotatable bonds is 3. The molecule has 3 heteroatoms. The van der Waals surface area contributed by atoms with Crippen LogP contribution in [0.4, 0.5) is 0 Å². The van der Waals surface area contributed by atoms with Crippen molar-refractivity contribution >= 4 is 11.3 Å². The Kier molecular flexibility index (Phi) is 3.78. The van der Waals surface area contributed by atoms with Gasteiger partial charge in [0.2, 0.25) is 0 Å². The average molecular weight is 224 g/mol. The predicted molar refractivity (Wildman–Crippen MR) is 66.4 cm³/mol. The number of hydrogen-bond donors (Lipinski definition) is 1. The van der Waals surface area contributed by atoms with E-state index in [0.717, 1.165) is 13.1 Å². The van der Waals surface area contributed by atoms with Crippen LogP contribution in [0, 0.1) is 0 Å². The first-order valence-electron chi connectivity index (χ1n) is 5.80. The highest BCUT2D eigenvalue weighted by molar-refractivity contribution is 7.10. The van der Waals surface area contributed by atoms with E-state index >= 15 is 0 Å². The van der Waals surface area contributed by atoms with E-state index in [9.17, 15) is 0 Å². The summed E-state index contributed by atoms with van der Waals surface area (Å²) in [5.41, 5.74) is 1.53. The predicted octanol–water partition coefficient (Wildman–Crippen LogP) is 2.10. The molecule has 2 nitrogen and oxygen atoms in total. The van der Waals surface area contributed by atoms with Gasteiger partial charge in [0.25, 0.3) is 0 Å². The number of piperazine rings is 1. The van der Waals surface area contributed by atoms with Gasteiger partial charge in [-0.05, 0) is 30.4 Å². The van der Waals surface area contributed by atoms with E-state index in [2.05, 4.69) is 35.5 Å². The van der Waals surface area contributed by atoms with Crippen LogP contribution in [0.1, 0.15) is 24.3 Å². The summed E-state index contributed by atoms with van der Waals surface area (Å²) in [7, 11) is 0. The first-order valence-corrected chi connectivity index (χ1v) is 6.68. The van der Waals surface area contributed by atoms with Crippen molar-refractivity contribution in [3.8, 4) is 0 Å². The minimum atomic E-state index is 0.642. The van der Waals surface area contributed by atoms with E-state index < -0.39 is 0 Å². The second-order valence-electron chi connectivity index (χ2n) is 4.31. The number of nitrogens with one attached hydrogen (secondary N) is 1. The maximum atomic E-state index is 3.48. The zero-order valence-electron chi connectivity index (χ0n) is 9.62. The molecule has 0 aliphatic carbocycles. The molecule has 2 heterocycles. The molecule has 1 aromatic heterocycles. The van der Waals surface area contributed by atoms with Crippen LogP contribution in [0.2, 0.25) is 0 Å². The van der Waals surface area contributed by atoms with Gasteiger partial charge < -0.3 is 5.32 Å². The fraction of sp³-hybridized carbons (Fsp3) is 0.667. The highest BCUT2D eigenvalue weighted by Gasteiger charge is 2.16. The van der Waals surface area contributed by atoms with Gasteiger partial charge in [0.05, 0.1) is 0 Å². The van der Waals surface area contributed by atoms with E-state index in [1.54, 1.807) is 4.88 Å². The second-order valence-corrected chi connectivity index (χ2v) is 5.31. The summed E-state index contributed by atoms with van der Waals surface area (Å²) < 4.78 is 0. The van der Waals surface area contributed by atoms with Gasteiger partial charge in [-0.2, -0.15) is 0 Å². The van der Waals surface area contributed by atoms with Gasteiger partial charge in [0, 0.05) is 37.1 Å². The Balaban J connectivity index is 1.96. The minimum absolute atomic E-state index is 0.642. The number of thiophene rings is 1. The van der Waals surface area contributed by atoms with Gasteiger partial charge in [-0.3, -0.25) is 4.90 Å². The molecule has 0 radical (unpaired) electrons. The number of nitrogens with zero attached hydrogens (tertiary/aromatic N) is 1. The summed E-state index contributed by atoms with van der Waals surface area (Å²) in [5, 5.41) is 5.70. The lowest BCUT2D eigenvalue weighted by molar-refractivity contribution is 0.201. The molecule has 1 aliphatic rings. The molecule has 1 N–H and O–H groups in total. The molecule has 0 bridgehead atoms. The smallest absolute Gasteiger partial charge is 0.0331 e. The van der Waals surface area contributed by atoms with Crippen LogP contribution in [0.5, 0.6) is 0 Å². The molecule has 15 heavy (non-hydrogen) atoms. The number of aryl methyl sites for hydroxylation is 1. The minimum Gasteiger partial charge on any atom is -0.312 e. The summed E-state index contributed by atoms with van der Waals surface area (Å²) >= 11 is 1.91. The highest BCUT2D eigenvalue weighted by Crippen LogP contribution is 2.19. The van der Waals surface area contributed by atoms with Gasteiger partial charge >= 0.3 is 0 Å². The van der Waals surface area contributed by atoms with Crippen LogP contribution in [0.15, 0.2) is 11.4 Å². The molecule has 1 saturated heterocycles. The summed E-state index contributed by atoms with van der Waals surface area (Å²) in [4.78, 5) is 4.12. The molecule has 1 atom stereocenters. The monoisotopic (exact) mass is 224 g/mol. The molecule has 0 aromatic carbocycles. The zero-order chi connectivity index (χ0) is 10.7. The quantitative estimate of drug-likeness (QED) is 0.846. The van der Waals surface area contributed by atoms with Crippen molar-refractivity contribution in [1.29, 1.82) is 0 Å². The summed E-state index contributed by atoms with van der Waals surface area (Å²) in [5.74, 6) is 0. The maximum absolute atomic E-state index is 3.48. The van der Waals surface area contributed by atoms with Crippen molar-refractivity contribution in [3.05, 3.63) is 21.9 Å². The highest BCUT2D eigenvalue weighted by atomic mass is 32.1. The largest absolute Gasteiger partial charge is 0.312 e. The molecular weight excluding hydrogens is 204 g/mol. The van der Waals surface area contributed by atoms with E-state index in [0.29, 0.717) is 6.04 Å². The summed E-state index contributed by atoms with van der Waals surface area (Å²) in [6, 6.07) is 2.91. The molecule has 1 unspecified atom stereocenters. The van der Waals surface area contributed by atoms with Crippen molar-refractivity contribution in [1.82, 2.24) is 10.2 Å². The molecule has 0 saturated carbocycles. The Morgan fingerprint density at radius 2 is 2.47 bits per heavy atom. The molecule has 0 amide bonds. The van der Waals surface area contributed by atoms with Crippen LogP contribution < -0.4 is 5.32 Å². The fourth-order valence-corrected chi connectivity index (χ4v) is 3.20. The van der Waals surface area contributed by atoms with E-state index in [-0.39, 0.29) is 0 Å². The maximum Gasteiger partial charge on any atom is 0.0331 e. The van der Waals surface area contributed by atoms with E-state index in [1.165, 1.54) is 25.1 Å². The van der Waals surface area contributed by atoms with E-state index in [4.69, 9.17) is 0 Å². The van der Waals surface area contributed by atoms with Crippen molar-refractivity contribution in [2.45, 2.75) is 32.9 Å². The Labute approximate surface area is 96.3 Å². The van der Waals surface area contributed by atoms with Gasteiger partial charge in [0.1, 0.15) is 0 Å². The van der Waals surface area contributed by atoms with Crippen molar-refractivity contribution < 1.29 is 0 Å². The Morgan fingerprint density at radius 1 is 1.60 bits per heavy atom. The normalized spacial score (nSPS) is 23.2. The number of hydrogen-bond acceptors (Lipinski definition) is 3. The standard InChI is InChI=1S/C12H20N2S/c1-3-11-4-7-15-12(11)9-14-6-5-13-10(2)8-14/h4,7,10,13H,3,5-6,8-9H2,1-2H3. The van der Waals surface area contributed by atoms with Crippen LogP contribution >= 0.6 is 11.3 Å². The van der Waals surface area contributed by atoms with Gasteiger partial charge in [0.15, 0.2) is 0 Å². The lowest BCUT2D eigenvalue weighted by Gasteiger charge is -2.31. The van der Waals surface area contributed by atoms with Gasteiger partial charge in [-0.25, -0.2) is 0 Å². The van der Waals surface area contributed by atoms with Crippen LogP contribution in [0.3, 0.4) is 0 Å². The third-order valence-corrected chi connectivity index (χ3v) is 3.99. The zero-order valence-corrected chi connectivity index (χ0v) is 10.4. The van der Waals surface area contributed by atoms with Crippen LogP contribution in [0.25, 0.3) is 0 Å². The Morgan fingerprint density at radius 3 is 3.20 bits per heavy atom.